The highest BCUT2D eigenvalue weighted by Crippen LogP contribution is 2.23. The lowest BCUT2D eigenvalue weighted by atomic mass is 10.4. The zero-order valence-corrected chi connectivity index (χ0v) is 17.4. The molecule has 1 aromatic heterocycles. The van der Waals surface area contributed by atoms with E-state index < -0.39 is 10.0 Å². The number of rotatable bonds is 5. The Kier molecular flexibility index (Phi) is 6.41. The van der Waals surface area contributed by atoms with E-state index in [0.29, 0.717) is 37.4 Å². The topological polar surface area (TPSA) is 86.4 Å². The standard InChI is InChI=1S/C18H23FN4O3S2/c1-13-18(14(2)21-20-13)28(25,26)23-9-3-8-22(10-11-23)17(24)12-27-16-6-4-15(19)5-7-16/h4-7H,3,8-12H2,1-2H3,(H,20,21). The smallest absolute Gasteiger partial charge is 0.246 e. The van der Waals surface area contributed by atoms with Gasteiger partial charge < -0.3 is 4.90 Å². The molecule has 10 heteroatoms. The number of aromatic nitrogens is 2. The highest BCUT2D eigenvalue weighted by atomic mass is 32.2. The maximum absolute atomic E-state index is 13.0. The second-order valence-corrected chi connectivity index (χ2v) is 9.57. The molecule has 0 saturated carbocycles. The molecule has 0 aliphatic carbocycles. The minimum Gasteiger partial charge on any atom is -0.341 e. The number of nitrogens with one attached hydrogen (secondary N) is 1. The van der Waals surface area contributed by atoms with Gasteiger partial charge in [-0.1, -0.05) is 0 Å². The van der Waals surface area contributed by atoms with E-state index in [1.165, 1.54) is 28.2 Å². The van der Waals surface area contributed by atoms with Gasteiger partial charge in [-0.2, -0.15) is 9.40 Å². The quantitative estimate of drug-likeness (QED) is 0.741. The molecule has 28 heavy (non-hydrogen) atoms. The van der Waals surface area contributed by atoms with Crippen LogP contribution in [0.3, 0.4) is 0 Å². The number of thioether (sulfide) groups is 1. The summed E-state index contributed by atoms with van der Waals surface area (Å²) in [6.07, 6.45) is 0.572. The number of carbonyl (C=O) groups excluding carboxylic acids is 1. The molecular weight excluding hydrogens is 403 g/mol. The fraction of sp³-hybridized carbons (Fsp3) is 0.444. The maximum Gasteiger partial charge on any atom is 0.246 e. The molecular formula is C18H23FN4O3S2. The zero-order valence-electron chi connectivity index (χ0n) is 15.8. The highest BCUT2D eigenvalue weighted by Gasteiger charge is 2.31. The van der Waals surface area contributed by atoms with Crippen molar-refractivity contribution in [3.05, 3.63) is 41.5 Å². The number of sulfonamides is 1. The number of H-pyrrole nitrogens is 1. The van der Waals surface area contributed by atoms with Crippen molar-refractivity contribution in [1.82, 2.24) is 19.4 Å². The van der Waals surface area contributed by atoms with Crippen LogP contribution in [0.5, 0.6) is 0 Å². The van der Waals surface area contributed by atoms with Gasteiger partial charge in [0, 0.05) is 31.1 Å². The summed E-state index contributed by atoms with van der Waals surface area (Å²) in [6, 6.07) is 6.00. The molecule has 0 radical (unpaired) electrons. The van der Waals surface area contributed by atoms with Crippen LogP contribution in [-0.4, -0.2) is 65.7 Å². The van der Waals surface area contributed by atoms with Gasteiger partial charge in [-0.25, -0.2) is 12.8 Å². The Labute approximate surface area is 168 Å². The van der Waals surface area contributed by atoms with E-state index in [1.807, 2.05) is 0 Å². The molecule has 0 bridgehead atoms. The molecule has 1 amide bonds. The first kappa shape index (κ1) is 20.8. The van der Waals surface area contributed by atoms with E-state index in [9.17, 15) is 17.6 Å². The molecule has 0 spiro atoms. The van der Waals surface area contributed by atoms with Gasteiger partial charge in [0.2, 0.25) is 15.9 Å². The Hall–Kier alpha value is -1.91. The SMILES string of the molecule is Cc1n[nH]c(C)c1S(=O)(=O)N1CCCN(C(=O)CSc2ccc(F)cc2)CC1. The average molecular weight is 427 g/mol. The van der Waals surface area contributed by atoms with E-state index in [-0.39, 0.29) is 28.9 Å². The van der Waals surface area contributed by atoms with Crippen molar-refractivity contribution in [2.24, 2.45) is 0 Å². The van der Waals surface area contributed by atoms with Crippen molar-refractivity contribution in [2.45, 2.75) is 30.1 Å². The van der Waals surface area contributed by atoms with E-state index in [2.05, 4.69) is 10.2 Å². The molecule has 0 unspecified atom stereocenters. The lowest BCUT2D eigenvalue weighted by Crippen LogP contribution is -2.38. The van der Waals surface area contributed by atoms with Crippen LogP contribution in [0.1, 0.15) is 17.8 Å². The number of nitrogens with zero attached hydrogens (tertiary/aromatic N) is 3. The third-order valence-corrected chi connectivity index (χ3v) is 7.80. The summed E-state index contributed by atoms with van der Waals surface area (Å²) in [4.78, 5) is 15.3. The number of benzene rings is 1. The molecule has 1 fully saturated rings. The van der Waals surface area contributed by atoms with Crippen molar-refractivity contribution in [1.29, 1.82) is 0 Å². The summed E-state index contributed by atoms with van der Waals surface area (Å²) in [6.45, 7) is 4.82. The molecule has 3 rings (SSSR count). The summed E-state index contributed by atoms with van der Waals surface area (Å²) in [5.74, 6) is -0.130. The lowest BCUT2D eigenvalue weighted by Gasteiger charge is -2.22. The minimum atomic E-state index is -3.65. The van der Waals surface area contributed by atoms with Crippen LogP contribution < -0.4 is 0 Å². The van der Waals surface area contributed by atoms with Crippen LogP contribution >= 0.6 is 11.8 Å². The second kappa shape index (κ2) is 8.62. The van der Waals surface area contributed by atoms with E-state index in [1.54, 1.807) is 30.9 Å². The van der Waals surface area contributed by atoms with Crippen molar-refractivity contribution in [2.75, 3.05) is 31.9 Å². The molecule has 2 heterocycles. The van der Waals surface area contributed by atoms with Gasteiger partial charge in [-0.05, 0) is 44.5 Å². The van der Waals surface area contributed by atoms with Crippen LogP contribution in [-0.2, 0) is 14.8 Å². The van der Waals surface area contributed by atoms with Gasteiger partial charge in [0.05, 0.1) is 17.1 Å². The fourth-order valence-electron chi connectivity index (χ4n) is 3.20. The summed E-state index contributed by atoms with van der Waals surface area (Å²) < 4.78 is 40.4. The molecule has 1 aliphatic rings. The Morgan fingerprint density at radius 1 is 1.18 bits per heavy atom. The van der Waals surface area contributed by atoms with Gasteiger partial charge in [-0.3, -0.25) is 9.89 Å². The van der Waals surface area contributed by atoms with Crippen LogP contribution in [0.15, 0.2) is 34.1 Å². The van der Waals surface area contributed by atoms with Gasteiger partial charge in [0.1, 0.15) is 10.7 Å². The number of halogens is 1. The zero-order chi connectivity index (χ0) is 20.3. The van der Waals surface area contributed by atoms with Crippen LogP contribution in [0.2, 0.25) is 0 Å². The molecule has 1 N–H and O–H groups in total. The molecule has 1 aromatic carbocycles. The molecule has 7 nitrogen and oxygen atoms in total. The lowest BCUT2D eigenvalue weighted by molar-refractivity contribution is -0.128. The van der Waals surface area contributed by atoms with E-state index in [4.69, 9.17) is 0 Å². The van der Waals surface area contributed by atoms with Crippen molar-refractivity contribution < 1.29 is 17.6 Å². The third kappa shape index (κ3) is 4.56. The second-order valence-electron chi connectivity index (χ2n) is 6.64. The Morgan fingerprint density at radius 3 is 2.54 bits per heavy atom. The van der Waals surface area contributed by atoms with Crippen LogP contribution in [0.25, 0.3) is 0 Å². The Balaban J connectivity index is 1.61. The first-order chi connectivity index (χ1) is 13.3. The first-order valence-electron chi connectivity index (χ1n) is 8.97. The fourth-order valence-corrected chi connectivity index (χ4v) is 5.80. The number of aryl methyl sites for hydroxylation is 2. The van der Waals surface area contributed by atoms with Crippen molar-refractivity contribution in [3.63, 3.8) is 0 Å². The van der Waals surface area contributed by atoms with Crippen LogP contribution in [0, 0.1) is 19.7 Å². The van der Waals surface area contributed by atoms with Gasteiger partial charge >= 0.3 is 0 Å². The van der Waals surface area contributed by atoms with Gasteiger partial charge in [0.25, 0.3) is 0 Å². The number of hydrogen-bond donors (Lipinski definition) is 1. The predicted octanol–water partition coefficient (Wildman–Crippen LogP) is 2.18. The number of aromatic amines is 1. The molecule has 1 saturated heterocycles. The Bertz CT molecular complexity index is 925. The third-order valence-electron chi connectivity index (χ3n) is 4.64. The number of carbonyl (C=O) groups is 1. The van der Waals surface area contributed by atoms with E-state index in [0.717, 1.165) is 4.90 Å². The normalized spacial score (nSPS) is 16.2. The predicted molar refractivity (Wildman–Crippen MR) is 105 cm³/mol. The monoisotopic (exact) mass is 426 g/mol. The minimum absolute atomic E-state index is 0.0516. The maximum atomic E-state index is 13.0. The molecule has 152 valence electrons. The van der Waals surface area contributed by atoms with Gasteiger partial charge in [0.15, 0.2) is 0 Å². The largest absolute Gasteiger partial charge is 0.341 e. The molecule has 1 aliphatic heterocycles. The highest BCUT2D eigenvalue weighted by molar-refractivity contribution is 8.00. The van der Waals surface area contributed by atoms with Crippen molar-refractivity contribution in [3.8, 4) is 0 Å². The summed E-state index contributed by atoms with van der Waals surface area (Å²) >= 11 is 1.34. The van der Waals surface area contributed by atoms with Crippen LogP contribution in [0.4, 0.5) is 4.39 Å². The number of hydrogen-bond acceptors (Lipinski definition) is 5. The number of amides is 1. The summed E-state index contributed by atoms with van der Waals surface area (Å²) in [7, 11) is -3.65. The summed E-state index contributed by atoms with van der Waals surface area (Å²) in [5.41, 5.74) is 0.968. The Morgan fingerprint density at radius 2 is 1.89 bits per heavy atom. The first-order valence-corrected chi connectivity index (χ1v) is 11.4. The van der Waals surface area contributed by atoms with Crippen molar-refractivity contribution >= 4 is 27.7 Å². The molecule has 2 aromatic rings. The average Bonchev–Trinajstić information content (AvgIpc) is 2.86. The molecule has 0 atom stereocenters. The van der Waals surface area contributed by atoms with Gasteiger partial charge in [-0.15, -0.1) is 11.8 Å². The van der Waals surface area contributed by atoms with E-state index >= 15 is 0 Å². The summed E-state index contributed by atoms with van der Waals surface area (Å²) in [5, 5.41) is 6.69.